The fourth-order valence-corrected chi connectivity index (χ4v) is 2.88. The number of benzene rings is 1. The van der Waals surface area contributed by atoms with Crippen LogP contribution in [0, 0.1) is 12.8 Å². The van der Waals surface area contributed by atoms with E-state index in [1.54, 1.807) is 11.3 Å². The Morgan fingerprint density at radius 1 is 1.24 bits per heavy atom. The maximum atomic E-state index is 5.86. The normalized spacial score (nSPS) is 12.6. The van der Waals surface area contributed by atoms with Crippen LogP contribution in [0.3, 0.4) is 0 Å². The zero-order chi connectivity index (χ0) is 12.1. The molecule has 0 aliphatic rings. The number of hydrogen-bond donors (Lipinski definition) is 1. The van der Waals surface area contributed by atoms with Gasteiger partial charge in [0.1, 0.15) is 0 Å². The van der Waals surface area contributed by atoms with E-state index in [-0.39, 0.29) is 0 Å². The largest absolute Gasteiger partial charge is 0.330 e. The molecule has 0 saturated heterocycles. The topological polar surface area (TPSA) is 38.9 Å². The van der Waals surface area contributed by atoms with Gasteiger partial charge in [0.2, 0.25) is 0 Å². The Hall–Kier alpha value is -1.19. The van der Waals surface area contributed by atoms with E-state index < -0.39 is 0 Å². The number of aryl methyl sites for hydroxylation is 1. The molecule has 2 N–H and O–H groups in total. The van der Waals surface area contributed by atoms with Crippen molar-refractivity contribution in [1.29, 1.82) is 0 Å². The number of nitrogens with two attached hydrogens (primary N) is 1. The number of thiazole rings is 1. The Kier molecular flexibility index (Phi) is 4.29. The molecule has 0 amide bonds. The molecule has 1 atom stereocenters. The van der Waals surface area contributed by atoms with E-state index in [0.717, 1.165) is 24.4 Å². The molecular formula is C14H18N2S. The van der Waals surface area contributed by atoms with E-state index in [0.29, 0.717) is 5.92 Å². The highest BCUT2D eigenvalue weighted by molar-refractivity contribution is 7.11. The first-order chi connectivity index (χ1) is 8.28. The highest BCUT2D eigenvalue weighted by atomic mass is 32.1. The van der Waals surface area contributed by atoms with Crippen LogP contribution in [0.4, 0.5) is 0 Å². The van der Waals surface area contributed by atoms with E-state index >= 15 is 0 Å². The quantitative estimate of drug-likeness (QED) is 0.881. The Balaban J connectivity index is 1.98. The summed E-state index contributed by atoms with van der Waals surface area (Å²) in [6.45, 7) is 2.77. The lowest BCUT2D eigenvalue weighted by Gasteiger charge is -2.13. The molecule has 2 rings (SSSR count). The standard InChI is InChI=1S/C14H18N2S/c1-11-16-10-14(17-11)8-13(9-15)7-12-5-3-2-4-6-12/h2-6,10,13H,7-9,15H2,1H3. The minimum atomic E-state index is 0.511. The van der Waals surface area contributed by atoms with Crippen LogP contribution in [-0.2, 0) is 12.8 Å². The summed E-state index contributed by atoms with van der Waals surface area (Å²) in [4.78, 5) is 5.63. The lowest BCUT2D eigenvalue weighted by molar-refractivity contribution is 0.537. The molecule has 0 spiro atoms. The average molecular weight is 246 g/mol. The van der Waals surface area contributed by atoms with E-state index in [9.17, 15) is 0 Å². The van der Waals surface area contributed by atoms with Crippen LogP contribution in [0.1, 0.15) is 15.4 Å². The van der Waals surface area contributed by atoms with Crippen LogP contribution in [0.2, 0.25) is 0 Å². The maximum Gasteiger partial charge on any atom is 0.0896 e. The second-order valence-corrected chi connectivity index (χ2v) is 5.66. The van der Waals surface area contributed by atoms with Gasteiger partial charge in [-0.2, -0.15) is 0 Å². The molecular weight excluding hydrogens is 228 g/mol. The van der Waals surface area contributed by atoms with Gasteiger partial charge >= 0.3 is 0 Å². The van der Waals surface area contributed by atoms with Crippen molar-refractivity contribution in [3.05, 3.63) is 52.0 Å². The third kappa shape index (κ3) is 3.65. The van der Waals surface area contributed by atoms with Crippen LogP contribution < -0.4 is 5.73 Å². The summed E-state index contributed by atoms with van der Waals surface area (Å²) in [5, 5.41) is 1.13. The second kappa shape index (κ2) is 5.94. The number of aromatic nitrogens is 1. The van der Waals surface area contributed by atoms with Gasteiger partial charge in [0, 0.05) is 11.1 Å². The van der Waals surface area contributed by atoms with Crippen LogP contribution >= 0.6 is 11.3 Å². The number of rotatable bonds is 5. The molecule has 1 heterocycles. The molecule has 0 radical (unpaired) electrons. The van der Waals surface area contributed by atoms with Gasteiger partial charge in [-0.25, -0.2) is 4.98 Å². The summed E-state index contributed by atoms with van der Waals surface area (Å²) in [5.74, 6) is 0.511. The van der Waals surface area contributed by atoms with Crippen molar-refractivity contribution in [3.8, 4) is 0 Å². The van der Waals surface area contributed by atoms with Crippen LogP contribution in [0.5, 0.6) is 0 Å². The molecule has 0 aliphatic heterocycles. The Morgan fingerprint density at radius 2 is 2.00 bits per heavy atom. The Morgan fingerprint density at radius 3 is 2.59 bits per heavy atom. The molecule has 0 fully saturated rings. The van der Waals surface area contributed by atoms with Gasteiger partial charge in [-0.1, -0.05) is 30.3 Å². The van der Waals surface area contributed by atoms with Crippen LogP contribution in [0.25, 0.3) is 0 Å². The summed E-state index contributed by atoms with van der Waals surface area (Å²) in [6.07, 6.45) is 4.07. The monoisotopic (exact) mass is 246 g/mol. The molecule has 90 valence electrons. The van der Waals surface area contributed by atoms with E-state index in [4.69, 9.17) is 5.73 Å². The van der Waals surface area contributed by atoms with Crippen molar-refractivity contribution in [1.82, 2.24) is 4.98 Å². The lowest BCUT2D eigenvalue weighted by atomic mass is 9.96. The van der Waals surface area contributed by atoms with Crippen molar-refractivity contribution in [2.24, 2.45) is 11.7 Å². The van der Waals surface area contributed by atoms with Crippen molar-refractivity contribution >= 4 is 11.3 Å². The van der Waals surface area contributed by atoms with Gasteiger partial charge in [0.25, 0.3) is 0 Å². The third-order valence-corrected chi connectivity index (χ3v) is 3.79. The van der Waals surface area contributed by atoms with Gasteiger partial charge in [-0.05, 0) is 37.8 Å². The fraction of sp³-hybridized carbons (Fsp3) is 0.357. The fourth-order valence-electron chi connectivity index (χ4n) is 1.97. The molecule has 1 aromatic carbocycles. The predicted octanol–water partition coefficient (Wildman–Crippen LogP) is 2.81. The molecule has 0 bridgehead atoms. The molecule has 0 saturated carbocycles. The maximum absolute atomic E-state index is 5.86. The van der Waals surface area contributed by atoms with Crippen molar-refractivity contribution in [3.63, 3.8) is 0 Å². The van der Waals surface area contributed by atoms with Gasteiger partial charge < -0.3 is 5.73 Å². The summed E-state index contributed by atoms with van der Waals surface area (Å²) in [7, 11) is 0. The van der Waals surface area contributed by atoms with Crippen LogP contribution in [0.15, 0.2) is 36.5 Å². The Labute approximate surface area is 107 Å². The van der Waals surface area contributed by atoms with Gasteiger partial charge in [0.15, 0.2) is 0 Å². The van der Waals surface area contributed by atoms with E-state index in [1.165, 1.54) is 10.4 Å². The molecule has 17 heavy (non-hydrogen) atoms. The lowest BCUT2D eigenvalue weighted by Crippen LogP contribution is -2.18. The van der Waals surface area contributed by atoms with Crippen LogP contribution in [-0.4, -0.2) is 11.5 Å². The number of hydrogen-bond acceptors (Lipinski definition) is 3. The molecule has 1 aromatic heterocycles. The van der Waals surface area contributed by atoms with Gasteiger partial charge in [-0.15, -0.1) is 11.3 Å². The Bertz CT molecular complexity index is 450. The van der Waals surface area contributed by atoms with Gasteiger partial charge in [0.05, 0.1) is 5.01 Å². The zero-order valence-electron chi connectivity index (χ0n) is 10.1. The summed E-state index contributed by atoms with van der Waals surface area (Å²) in [6, 6.07) is 10.5. The molecule has 3 heteroatoms. The van der Waals surface area contributed by atoms with Crippen molar-refractivity contribution in [2.75, 3.05) is 6.54 Å². The zero-order valence-corrected chi connectivity index (χ0v) is 10.9. The highest BCUT2D eigenvalue weighted by Gasteiger charge is 2.10. The first-order valence-electron chi connectivity index (χ1n) is 5.93. The first kappa shape index (κ1) is 12.3. The second-order valence-electron chi connectivity index (χ2n) is 4.34. The summed E-state index contributed by atoms with van der Waals surface area (Å²) < 4.78 is 0. The van der Waals surface area contributed by atoms with E-state index in [1.807, 2.05) is 19.2 Å². The SMILES string of the molecule is Cc1ncc(CC(CN)Cc2ccccc2)s1. The first-order valence-corrected chi connectivity index (χ1v) is 6.75. The number of nitrogens with zero attached hydrogens (tertiary/aromatic N) is 1. The van der Waals surface area contributed by atoms with E-state index in [2.05, 4.69) is 29.2 Å². The minimum absolute atomic E-state index is 0.511. The molecule has 2 aromatic rings. The minimum Gasteiger partial charge on any atom is -0.330 e. The summed E-state index contributed by atoms with van der Waals surface area (Å²) in [5.41, 5.74) is 7.22. The molecule has 0 aliphatic carbocycles. The molecule has 2 nitrogen and oxygen atoms in total. The van der Waals surface area contributed by atoms with Crippen molar-refractivity contribution in [2.45, 2.75) is 19.8 Å². The predicted molar refractivity (Wildman–Crippen MR) is 73.2 cm³/mol. The molecule has 1 unspecified atom stereocenters. The average Bonchev–Trinajstić information content (AvgIpc) is 2.75. The van der Waals surface area contributed by atoms with Gasteiger partial charge in [-0.3, -0.25) is 0 Å². The highest BCUT2D eigenvalue weighted by Crippen LogP contribution is 2.18. The third-order valence-electron chi connectivity index (χ3n) is 2.86. The van der Waals surface area contributed by atoms with Crippen molar-refractivity contribution < 1.29 is 0 Å². The smallest absolute Gasteiger partial charge is 0.0896 e. The summed E-state index contributed by atoms with van der Waals surface area (Å²) >= 11 is 1.78.